The Labute approximate surface area is 84.9 Å². The third kappa shape index (κ3) is 2.30. The van der Waals surface area contributed by atoms with Crippen LogP contribution in [0.5, 0.6) is 5.75 Å². The molecule has 1 aromatic heterocycles. The molecule has 0 amide bonds. The number of aromatic nitrogens is 4. The first-order chi connectivity index (χ1) is 7.25. The molecule has 8 heteroatoms. The molecular formula is C7H7BN4O3. The van der Waals surface area contributed by atoms with Crippen LogP contribution in [-0.2, 0) is 0 Å². The number of tetrazole rings is 1. The van der Waals surface area contributed by atoms with E-state index >= 15 is 0 Å². The maximum absolute atomic E-state index is 8.55. The minimum Gasteiger partial charge on any atom is -0.512 e. The lowest BCUT2D eigenvalue weighted by atomic mass is 10.2. The molecule has 76 valence electrons. The van der Waals surface area contributed by atoms with Crippen LogP contribution in [0.2, 0.25) is 0 Å². The normalized spacial score (nSPS) is 10.0. The number of aromatic amines is 1. The molecule has 0 atom stereocenters. The number of benzene rings is 1. The molecule has 0 aliphatic carbocycles. The fourth-order valence-corrected chi connectivity index (χ4v) is 1.09. The first-order valence-corrected chi connectivity index (χ1v) is 4.12. The van der Waals surface area contributed by atoms with E-state index in [0.717, 1.165) is 5.56 Å². The lowest BCUT2D eigenvalue weighted by Crippen LogP contribution is -2.20. The smallest absolute Gasteiger partial charge is 0.512 e. The van der Waals surface area contributed by atoms with Crippen LogP contribution >= 0.6 is 0 Å². The van der Waals surface area contributed by atoms with E-state index in [4.69, 9.17) is 10.0 Å². The largest absolute Gasteiger partial charge is 0.707 e. The predicted molar refractivity (Wildman–Crippen MR) is 50.4 cm³/mol. The van der Waals surface area contributed by atoms with Crippen molar-refractivity contribution in [1.82, 2.24) is 20.6 Å². The monoisotopic (exact) mass is 206 g/mol. The Balaban J connectivity index is 2.17. The van der Waals surface area contributed by atoms with Gasteiger partial charge in [0.05, 0.1) is 0 Å². The van der Waals surface area contributed by atoms with Crippen molar-refractivity contribution in [3.8, 4) is 17.1 Å². The van der Waals surface area contributed by atoms with Crippen LogP contribution in [0.25, 0.3) is 11.4 Å². The van der Waals surface area contributed by atoms with Crippen LogP contribution in [0, 0.1) is 0 Å². The first kappa shape index (κ1) is 9.62. The third-order valence-corrected chi connectivity index (χ3v) is 1.70. The fraction of sp³-hybridized carbons (Fsp3) is 0. The van der Waals surface area contributed by atoms with Crippen molar-refractivity contribution in [2.24, 2.45) is 0 Å². The van der Waals surface area contributed by atoms with Gasteiger partial charge < -0.3 is 14.7 Å². The van der Waals surface area contributed by atoms with E-state index in [2.05, 4.69) is 25.3 Å². The van der Waals surface area contributed by atoms with Crippen molar-refractivity contribution in [2.45, 2.75) is 0 Å². The summed E-state index contributed by atoms with van der Waals surface area (Å²) in [7, 11) is -1.82. The Hall–Kier alpha value is -1.93. The van der Waals surface area contributed by atoms with Crippen LogP contribution in [-0.4, -0.2) is 38.0 Å². The lowest BCUT2D eigenvalue weighted by molar-refractivity contribution is 0.288. The second kappa shape index (κ2) is 4.07. The van der Waals surface area contributed by atoms with E-state index in [1.165, 1.54) is 0 Å². The van der Waals surface area contributed by atoms with Crippen molar-refractivity contribution in [3.63, 3.8) is 0 Å². The van der Waals surface area contributed by atoms with Gasteiger partial charge in [0.2, 0.25) is 5.82 Å². The summed E-state index contributed by atoms with van der Waals surface area (Å²) in [6.07, 6.45) is 0. The molecule has 0 spiro atoms. The van der Waals surface area contributed by atoms with E-state index < -0.39 is 7.32 Å². The first-order valence-electron chi connectivity index (χ1n) is 4.12. The van der Waals surface area contributed by atoms with Crippen molar-refractivity contribution < 1.29 is 14.7 Å². The van der Waals surface area contributed by atoms with Gasteiger partial charge in [-0.15, -0.1) is 10.2 Å². The highest BCUT2D eigenvalue weighted by Gasteiger charge is 2.11. The summed E-state index contributed by atoms with van der Waals surface area (Å²) in [5.41, 5.74) is 0.753. The summed E-state index contributed by atoms with van der Waals surface area (Å²) in [6, 6.07) is 6.52. The number of nitrogens with zero attached hydrogens (tertiary/aromatic N) is 3. The molecule has 7 nitrogen and oxygen atoms in total. The van der Waals surface area contributed by atoms with Crippen LogP contribution in [0.15, 0.2) is 24.3 Å². The molecule has 1 aromatic carbocycles. The van der Waals surface area contributed by atoms with Gasteiger partial charge in [0, 0.05) is 5.56 Å². The Morgan fingerprint density at radius 2 is 1.93 bits per heavy atom. The summed E-state index contributed by atoms with van der Waals surface area (Å²) in [5.74, 6) is 0.809. The Morgan fingerprint density at radius 3 is 2.47 bits per heavy atom. The molecular weight excluding hydrogens is 199 g/mol. The minimum absolute atomic E-state index is 0.345. The summed E-state index contributed by atoms with van der Waals surface area (Å²) in [5, 5.41) is 30.4. The standard InChI is InChI=1S/C7H7BN4O3/c13-8(14)15-6-3-1-5(2-4-6)7-9-11-12-10-7/h1-4,13-14H,(H,9,10,11,12). The van der Waals surface area contributed by atoms with Crippen molar-refractivity contribution in [3.05, 3.63) is 24.3 Å². The topological polar surface area (TPSA) is 104 Å². The molecule has 0 bridgehead atoms. The zero-order chi connectivity index (χ0) is 10.7. The van der Waals surface area contributed by atoms with Gasteiger partial charge in [0.15, 0.2) is 0 Å². The van der Waals surface area contributed by atoms with Crippen LogP contribution in [0.3, 0.4) is 0 Å². The molecule has 0 aliphatic rings. The molecule has 15 heavy (non-hydrogen) atoms. The van der Waals surface area contributed by atoms with Gasteiger partial charge in [0.1, 0.15) is 5.75 Å². The van der Waals surface area contributed by atoms with E-state index in [1.807, 2.05) is 0 Å². The SMILES string of the molecule is OB(O)Oc1ccc(-c2nn[nH]n2)cc1. The second-order valence-corrected chi connectivity index (χ2v) is 2.70. The number of nitrogens with one attached hydrogen (secondary N) is 1. The van der Waals surface area contributed by atoms with Gasteiger partial charge in [-0.1, -0.05) is 0 Å². The summed E-state index contributed by atoms with van der Waals surface area (Å²) < 4.78 is 4.63. The van der Waals surface area contributed by atoms with Crippen LogP contribution in [0.1, 0.15) is 0 Å². The highest BCUT2D eigenvalue weighted by Crippen LogP contribution is 2.18. The zero-order valence-electron chi connectivity index (χ0n) is 7.53. The summed E-state index contributed by atoms with van der Waals surface area (Å²) in [4.78, 5) is 0. The third-order valence-electron chi connectivity index (χ3n) is 1.70. The lowest BCUT2D eigenvalue weighted by Gasteiger charge is -2.03. The fourth-order valence-electron chi connectivity index (χ4n) is 1.09. The van der Waals surface area contributed by atoms with Gasteiger partial charge in [-0.25, -0.2) is 0 Å². The maximum Gasteiger partial charge on any atom is 0.707 e. The number of hydrogen-bond acceptors (Lipinski definition) is 6. The average Bonchev–Trinajstić information content (AvgIpc) is 2.71. The van der Waals surface area contributed by atoms with Gasteiger partial charge in [-0.05, 0) is 29.5 Å². The van der Waals surface area contributed by atoms with E-state index in [9.17, 15) is 0 Å². The quantitative estimate of drug-likeness (QED) is 0.568. The van der Waals surface area contributed by atoms with Crippen LogP contribution < -0.4 is 4.65 Å². The van der Waals surface area contributed by atoms with Gasteiger partial charge in [-0.2, -0.15) is 5.21 Å². The van der Waals surface area contributed by atoms with E-state index in [0.29, 0.717) is 11.6 Å². The molecule has 0 fully saturated rings. The number of rotatable bonds is 3. The number of hydrogen-bond donors (Lipinski definition) is 3. The number of H-pyrrole nitrogens is 1. The molecule has 0 saturated heterocycles. The van der Waals surface area contributed by atoms with Crippen molar-refractivity contribution in [2.75, 3.05) is 0 Å². The van der Waals surface area contributed by atoms with Crippen LogP contribution in [0.4, 0.5) is 0 Å². The molecule has 1 heterocycles. The van der Waals surface area contributed by atoms with Gasteiger partial charge in [0.25, 0.3) is 0 Å². The predicted octanol–water partition coefficient (Wildman–Crippen LogP) is -0.785. The Kier molecular flexibility index (Phi) is 2.61. The summed E-state index contributed by atoms with van der Waals surface area (Å²) >= 11 is 0. The maximum atomic E-state index is 8.55. The molecule has 2 rings (SSSR count). The van der Waals surface area contributed by atoms with Gasteiger partial charge >= 0.3 is 7.32 Å². The minimum atomic E-state index is -1.82. The van der Waals surface area contributed by atoms with Crippen molar-refractivity contribution >= 4 is 7.32 Å². The van der Waals surface area contributed by atoms with Crippen molar-refractivity contribution in [1.29, 1.82) is 0 Å². The van der Waals surface area contributed by atoms with E-state index in [-0.39, 0.29) is 0 Å². The summed E-state index contributed by atoms with van der Waals surface area (Å²) in [6.45, 7) is 0. The molecule has 0 saturated carbocycles. The molecule has 0 unspecified atom stereocenters. The molecule has 0 aliphatic heterocycles. The highest BCUT2D eigenvalue weighted by molar-refractivity contribution is 6.33. The Morgan fingerprint density at radius 1 is 1.20 bits per heavy atom. The second-order valence-electron chi connectivity index (χ2n) is 2.70. The zero-order valence-corrected chi connectivity index (χ0v) is 7.53. The van der Waals surface area contributed by atoms with Gasteiger partial charge in [-0.3, -0.25) is 0 Å². The molecule has 3 N–H and O–H groups in total. The average molecular weight is 206 g/mol. The molecule has 0 radical (unpaired) electrons. The Bertz CT molecular complexity index is 416. The molecule has 2 aromatic rings. The van der Waals surface area contributed by atoms with E-state index in [1.54, 1.807) is 24.3 Å². The highest BCUT2D eigenvalue weighted by atomic mass is 16.6.